The van der Waals surface area contributed by atoms with E-state index in [0.717, 1.165) is 11.3 Å². The summed E-state index contributed by atoms with van der Waals surface area (Å²) in [5.41, 5.74) is -0.341. The number of rotatable bonds is 1. The highest BCUT2D eigenvalue weighted by atomic mass is 32.1. The summed E-state index contributed by atoms with van der Waals surface area (Å²) < 4.78 is 44.0. The fourth-order valence-electron chi connectivity index (χ4n) is 2.11. The second-order valence-corrected chi connectivity index (χ2v) is 5.46. The molecule has 0 amide bonds. The molecule has 1 aromatic heterocycles. The average molecular weight is 265 g/mol. The van der Waals surface area contributed by atoms with Gasteiger partial charge in [-0.15, -0.1) is 11.3 Å². The van der Waals surface area contributed by atoms with Crippen molar-refractivity contribution >= 4 is 11.3 Å². The SMILES string of the molecule is CC1(C)OCCNC1c1ccsc1C(F)(F)F. The first kappa shape index (κ1) is 12.9. The molecule has 17 heavy (non-hydrogen) atoms. The van der Waals surface area contributed by atoms with E-state index in [1.165, 1.54) is 11.4 Å². The lowest BCUT2D eigenvalue weighted by molar-refractivity contribution is -0.136. The Labute approximate surface area is 102 Å². The Bertz CT molecular complexity index is 400. The molecule has 1 saturated heterocycles. The van der Waals surface area contributed by atoms with Crippen molar-refractivity contribution in [3.63, 3.8) is 0 Å². The van der Waals surface area contributed by atoms with Crippen molar-refractivity contribution in [2.75, 3.05) is 13.2 Å². The summed E-state index contributed by atoms with van der Waals surface area (Å²) in [5, 5.41) is 4.58. The third-order valence-corrected chi connectivity index (χ3v) is 3.86. The Kier molecular flexibility index (Phi) is 3.22. The van der Waals surface area contributed by atoms with Gasteiger partial charge in [0.1, 0.15) is 4.88 Å². The molecule has 0 aromatic carbocycles. The fraction of sp³-hybridized carbons (Fsp3) is 0.636. The Morgan fingerprint density at radius 1 is 1.47 bits per heavy atom. The van der Waals surface area contributed by atoms with Crippen molar-refractivity contribution < 1.29 is 17.9 Å². The Morgan fingerprint density at radius 3 is 2.76 bits per heavy atom. The molecule has 6 heteroatoms. The van der Waals surface area contributed by atoms with Gasteiger partial charge in [-0.1, -0.05) is 0 Å². The van der Waals surface area contributed by atoms with Crippen LogP contribution in [0.15, 0.2) is 11.4 Å². The van der Waals surface area contributed by atoms with Gasteiger partial charge in [0, 0.05) is 6.54 Å². The van der Waals surface area contributed by atoms with Gasteiger partial charge in [-0.05, 0) is 30.9 Å². The van der Waals surface area contributed by atoms with Gasteiger partial charge in [-0.3, -0.25) is 0 Å². The lowest BCUT2D eigenvalue weighted by atomic mass is 9.90. The van der Waals surface area contributed by atoms with E-state index in [2.05, 4.69) is 5.32 Å². The van der Waals surface area contributed by atoms with E-state index in [1.807, 2.05) is 13.8 Å². The van der Waals surface area contributed by atoms with E-state index >= 15 is 0 Å². The average Bonchev–Trinajstić information content (AvgIpc) is 2.64. The molecule has 2 nitrogen and oxygen atoms in total. The van der Waals surface area contributed by atoms with Gasteiger partial charge in [0.2, 0.25) is 0 Å². The van der Waals surface area contributed by atoms with Gasteiger partial charge in [-0.25, -0.2) is 0 Å². The molecule has 0 radical (unpaired) electrons. The maximum Gasteiger partial charge on any atom is 0.425 e. The quantitative estimate of drug-likeness (QED) is 0.842. The van der Waals surface area contributed by atoms with Crippen LogP contribution in [0.1, 0.15) is 30.3 Å². The minimum absolute atomic E-state index is 0.284. The van der Waals surface area contributed by atoms with E-state index in [0.29, 0.717) is 13.2 Å². The lowest BCUT2D eigenvalue weighted by Crippen LogP contribution is -2.48. The third-order valence-electron chi connectivity index (χ3n) is 2.88. The van der Waals surface area contributed by atoms with E-state index in [1.54, 1.807) is 0 Å². The first-order valence-electron chi connectivity index (χ1n) is 5.34. The van der Waals surface area contributed by atoms with Crippen LogP contribution in [0.2, 0.25) is 0 Å². The first-order valence-corrected chi connectivity index (χ1v) is 6.22. The van der Waals surface area contributed by atoms with Gasteiger partial charge >= 0.3 is 6.18 Å². The highest BCUT2D eigenvalue weighted by molar-refractivity contribution is 7.10. The second kappa shape index (κ2) is 4.26. The van der Waals surface area contributed by atoms with Crippen molar-refractivity contribution in [3.8, 4) is 0 Å². The van der Waals surface area contributed by atoms with Gasteiger partial charge in [0.25, 0.3) is 0 Å². The monoisotopic (exact) mass is 265 g/mol. The Balaban J connectivity index is 2.37. The van der Waals surface area contributed by atoms with Crippen LogP contribution in [0.4, 0.5) is 13.2 Å². The highest BCUT2D eigenvalue weighted by Crippen LogP contribution is 2.42. The summed E-state index contributed by atoms with van der Waals surface area (Å²) in [6.07, 6.45) is -4.29. The van der Waals surface area contributed by atoms with Crippen molar-refractivity contribution in [3.05, 3.63) is 21.9 Å². The molecule has 1 N–H and O–H groups in total. The fourth-order valence-corrected chi connectivity index (χ4v) is 2.91. The second-order valence-electron chi connectivity index (χ2n) is 4.54. The van der Waals surface area contributed by atoms with Crippen LogP contribution in [0.5, 0.6) is 0 Å². The van der Waals surface area contributed by atoms with Crippen LogP contribution in [0.3, 0.4) is 0 Å². The zero-order valence-corrected chi connectivity index (χ0v) is 10.4. The summed E-state index contributed by atoms with van der Waals surface area (Å²) in [5.74, 6) is 0. The molecule has 1 aliphatic rings. The van der Waals surface area contributed by atoms with Gasteiger partial charge in [-0.2, -0.15) is 13.2 Å². The van der Waals surface area contributed by atoms with E-state index in [4.69, 9.17) is 4.74 Å². The number of thiophene rings is 1. The van der Waals surface area contributed by atoms with E-state index < -0.39 is 22.7 Å². The summed E-state index contributed by atoms with van der Waals surface area (Å²) in [6.45, 7) is 4.71. The maximum absolute atomic E-state index is 12.8. The van der Waals surface area contributed by atoms with Crippen LogP contribution in [0.25, 0.3) is 0 Å². The van der Waals surface area contributed by atoms with Crippen LogP contribution in [0, 0.1) is 0 Å². The predicted octanol–water partition coefficient (Wildman–Crippen LogP) is 3.21. The van der Waals surface area contributed by atoms with Crippen molar-refractivity contribution in [1.29, 1.82) is 0 Å². The molecule has 1 fully saturated rings. The molecule has 1 unspecified atom stereocenters. The highest BCUT2D eigenvalue weighted by Gasteiger charge is 2.42. The normalized spacial score (nSPS) is 24.9. The molecular weight excluding hydrogens is 251 g/mol. The summed E-state index contributed by atoms with van der Waals surface area (Å²) in [4.78, 5) is -0.534. The minimum Gasteiger partial charge on any atom is -0.372 e. The molecule has 1 aromatic rings. The Hall–Kier alpha value is -0.590. The molecule has 2 rings (SSSR count). The van der Waals surface area contributed by atoms with Gasteiger partial charge in [0.15, 0.2) is 0 Å². The van der Waals surface area contributed by atoms with Crippen LogP contribution < -0.4 is 5.32 Å². The maximum atomic E-state index is 12.8. The number of morpholine rings is 1. The van der Waals surface area contributed by atoms with Crippen LogP contribution >= 0.6 is 11.3 Å². The number of ether oxygens (including phenoxy) is 1. The molecule has 0 spiro atoms. The smallest absolute Gasteiger partial charge is 0.372 e. The molecule has 1 atom stereocenters. The Morgan fingerprint density at radius 2 is 2.18 bits per heavy atom. The summed E-state index contributed by atoms with van der Waals surface area (Å²) in [6, 6.07) is 1.11. The molecule has 2 heterocycles. The number of nitrogens with one attached hydrogen (secondary N) is 1. The largest absolute Gasteiger partial charge is 0.425 e. The number of halogens is 3. The molecule has 96 valence electrons. The number of hydrogen-bond donors (Lipinski definition) is 1. The van der Waals surface area contributed by atoms with Crippen LogP contribution in [-0.2, 0) is 10.9 Å². The molecule has 0 saturated carbocycles. The number of alkyl halides is 3. The number of hydrogen-bond acceptors (Lipinski definition) is 3. The molecule has 1 aliphatic heterocycles. The minimum atomic E-state index is -4.29. The topological polar surface area (TPSA) is 21.3 Å². The standard InChI is InChI=1S/C11H14F3NOS/c1-10(2)8(15-4-5-16-10)7-3-6-17-9(7)11(12,13)14/h3,6,8,15H,4-5H2,1-2H3. The molecular formula is C11H14F3NOS. The van der Waals surface area contributed by atoms with Crippen LogP contribution in [-0.4, -0.2) is 18.8 Å². The van der Waals surface area contributed by atoms with Crippen molar-refractivity contribution in [2.24, 2.45) is 0 Å². The zero-order valence-electron chi connectivity index (χ0n) is 9.60. The predicted molar refractivity (Wildman–Crippen MR) is 60.1 cm³/mol. The summed E-state index contributed by atoms with van der Waals surface area (Å²) >= 11 is 0.730. The van der Waals surface area contributed by atoms with E-state index in [-0.39, 0.29) is 5.56 Å². The van der Waals surface area contributed by atoms with Gasteiger partial charge < -0.3 is 10.1 Å². The molecule has 0 bridgehead atoms. The first-order chi connectivity index (χ1) is 7.82. The third kappa shape index (κ3) is 2.48. The van der Waals surface area contributed by atoms with E-state index in [9.17, 15) is 13.2 Å². The zero-order chi connectivity index (χ0) is 12.7. The van der Waals surface area contributed by atoms with Crippen molar-refractivity contribution in [1.82, 2.24) is 5.32 Å². The summed E-state index contributed by atoms with van der Waals surface area (Å²) in [7, 11) is 0. The van der Waals surface area contributed by atoms with Crippen molar-refractivity contribution in [2.45, 2.75) is 31.7 Å². The van der Waals surface area contributed by atoms with Gasteiger partial charge in [0.05, 0.1) is 18.2 Å². The lowest BCUT2D eigenvalue weighted by Gasteiger charge is -2.39. The molecule has 0 aliphatic carbocycles.